The van der Waals surface area contributed by atoms with E-state index in [1.54, 1.807) is 7.11 Å². The van der Waals surface area contributed by atoms with Gasteiger partial charge in [-0.2, -0.15) is 0 Å². The molecule has 3 rings (SSSR count). The van der Waals surface area contributed by atoms with Crippen LogP contribution in [-0.2, 0) is 11.2 Å². The molecule has 1 aliphatic heterocycles. The summed E-state index contributed by atoms with van der Waals surface area (Å²) in [5.41, 5.74) is 3.09. The molecule has 0 radical (unpaired) electrons. The Balaban J connectivity index is 1.49. The fraction of sp³-hybridized carbons (Fsp3) is 0.484. The number of aryl methyl sites for hydroxylation is 1. The summed E-state index contributed by atoms with van der Waals surface area (Å²) in [7, 11) is 1.67. The molecule has 0 aliphatic carbocycles. The molecule has 3 amide bonds. The molecule has 1 N–H and O–H groups in total. The van der Waals surface area contributed by atoms with Crippen LogP contribution >= 0.6 is 0 Å². The third-order valence-electron chi connectivity index (χ3n) is 7.07. The van der Waals surface area contributed by atoms with Gasteiger partial charge in [0, 0.05) is 63.5 Å². The van der Waals surface area contributed by atoms with Crippen LogP contribution in [0.4, 0.5) is 10.5 Å². The third-order valence-corrected chi connectivity index (χ3v) is 7.07. The zero-order chi connectivity index (χ0) is 27.2. The van der Waals surface area contributed by atoms with Gasteiger partial charge in [0.1, 0.15) is 5.75 Å². The summed E-state index contributed by atoms with van der Waals surface area (Å²) >= 11 is 0. The molecule has 1 saturated heterocycles. The van der Waals surface area contributed by atoms with Crippen molar-refractivity contribution < 1.29 is 14.3 Å². The Hall–Kier alpha value is -3.32. The predicted octanol–water partition coefficient (Wildman–Crippen LogP) is 5.53. The Morgan fingerprint density at radius 1 is 1.00 bits per heavy atom. The predicted molar refractivity (Wildman–Crippen MR) is 156 cm³/mol. The van der Waals surface area contributed by atoms with E-state index in [4.69, 9.17) is 4.74 Å². The summed E-state index contributed by atoms with van der Waals surface area (Å²) in [5.74, 6) is 1.03. The lowest BCUT2D eigenvalue weighted by Crippen LogP contribution is -2.51. The summed E-state index contributed by atoms with van der Waals surface area (Å²) < 4.78 is 5.44. The first-order chi connectivity index (χ1) is 18.5. The highest BCUT2D eigenvalue weighted by Crippen LogP contribution is 2.19. The molecular formula is C31H44N4O3. The number of anilines is 1. The zero-order valence-corrected chi connectivity index (χ0v) is 23.3. The second-order valence-electron chi connectivity index (χ2n) is 9.75. The first kappa shape index (κ1) is 29.2. The number of methoxy groups -OCH3 is 1. The lowest BCUT2D eigenvalue weighted by atomic mass is 10.1. The minimum atomic E-state index is -0.0527. The van der Waals surface area contributed by atoms with Gasteiger partial charge in [0.2, 0.25) is 5.91 Å². The third kappa shape index (κ3) is 9.21. The number of ether oxygens (including phenoxy) is 1. The molecule has 0 saturated carbocycles. The fourth-order valence-electron chi connectivity index (χ4n) is 4.58. The molecule has 1 fully saturated rings. The monoisotopic (exact) mass is 520 g/mol. The van der Waals surface area contributed by atoms with Crippen LogP contribution in [0.3, 0.4) is 0 Å². The average molecular weight is 521 g/mol. The largest absolute Gasteiger partial charge is 0.496 e. The minimum Gasteiger partial charge on any atom is -0.496 e. The van der Waals surface area contributed by atoms with Crippen LogP contribution in [0.25, 0.3) is 6.08 Å². The number of carbonyl (C=O) groups is 2. The molecule has 206 valence electrons. The first-order valence-corrected chi connectivity index (χ1v) is 14.0. The van der Waals surface area contributed by atoms with Gasteiger partial charge in [-0.1, -0.05) is 69.2 Å². The van der Waals surface area contributed by atoms with Crippen LogP contribution in [-0.4, -0.2) is 79.6 Å². The van der Waals surface area contributed by atoms with E-state index in [2.05, 4.69) is 24.1 Å². The van der Waals surface area contributed by atoms with Crippen molar-refractivity contribution in [3.63, 3.8) is 0 Å². The van der Waals surface area contributed by atoms with E-state index in [0.29, 0.717) is 32.6 Å². The van der Waals surface area contributed by atoms with Crippen LogP contribution in [0, 0.1) is 0 Å². The van der Waals surface area contributed by atoms with Gasteiger partial charge in [0.25, 0.3) is 0 Å². The number of carbonyl (C=O) groups excluding carboxylic acids is 2. The van der Waals surface area contributed by atoms with Crippen molar-refractivity contribution in [2.75, 3.05) is 58.2 Å². The number of benzene rings is 2. The minimum absolute atomic E-state index is 0.0527. The summed E-state index contributed by atoms with van der Waals surface area (Å²) in [6.07, 6.45) is 8.74. The highest BCUT2D eigenvalue weighted by molar-refractivity contribution is 5.89. The highest BCUT2D eigenvalue weighted by Gasteiger charge is 2.22. The molecule has 0 unspecified atom stereocenters. The molecule has 1 heterocycles. The molecule has 2 aromatic rings. The first-order valence-electron chi connectivity index (χ1n) is 14.0. The Labute approximate surface area is 228 Å². The SMILES string of the molecule is CCCCCC(=O)N(C/C=C/c1ccccc1OC)CCN1CCN(C(=O)Nc2ccc(CC)cc2)CC1. The van der Waals surface area contributed by atoms with E-state index in [1.165, 1.54) is 5.56 Å². The Bertz CT molecular complexity index is 1030. The normalized spacial score (nSPS) is 14.0. The lowest BCUT2D eigenvalue weighted by molar-refractivity contribution is -0.131. The van der Waals surface area contributed by atoms with Gasteiger partial charge in [-0.05, 0) is 36.6 Å². The van der Waals surface area contributed by atoms with Crippen LogP contribution in [0.5, 0.6) is 5.75 Å². The van der Waals surface area contributed by atoms with Gasteiger partial charge in [-0.3, -0.25) is 9.69 Å². The van der Waals surface area contributed by atoms with Crippen LogP contribution in [0.15, 0.2) is 54.6 Å². The number of hydrogen-bond donors (Lipinski definition) is 1. The summed E-state index contributed by atoms with van der Waals surface area (Å²) in [5, 5.41) is 3.01. The number of nitrogens with one attached hydrogen (secondary N) is 1. The molecule has 7 nitrogen and oxygen atoms in total. The molecule has 7 heteroatoms. The molecule has 0 bridgehead atoms. The van der Waals surface area contributed by atoms with E-state index in [9.17, 15) is 9.59 Å². The zero-order valence-electron chi connectivity index (χ0n) is 23.3. The number of para-hydroxylation sites is 1. The van der Waals surface area contributed by atoms with Gasteiger partial charge in [-0.15, -0.1) is 0 Å². The van der Waals surface area contributed by atoms with E-state index < -0.39 is 0 Å². The maximum absolute atomic E-state index is 13.0. The quantitative estimate of drug-likeness (QED) is 0.353. The molecule has 38 heavy (non-hydrogen) atoms. The number of amides is 3. The molecule has 2 aromatic carbocycles. The molecular weight excluding hydrogens is 476 g/mol. The van der Waals surface area contributed by atoms with E-state index >= 15 is 0 Å². The maximum atomic E-state index is 13.0. The average Bonchev–Trinajstić information content (AvgIpc) is 2.95. The van der Waals surface area contributed by atoms with Gasteiger partial charge in [-0.25, -0.2) is 4.79 Å². The van der Waals surface area contributed by atoms with Crippen molar-refractivity contribution in [1.29, 1.82) is 0 Å². The van der Waals surface area contributed by atoms with Gasteiger partial charge < -0.3 is 19.9 Å². The number of rotatable bonds is 13. The summed E-state index contributed by atoms with van der Waals surface area (Å²) in [4.78, 5) is 31.9. The second-order valence-corrected chi connectivity index (χ2v) is 9.75. The number of urea groups is 1. The molecule has 0 atom stereocenters. The fourth-order valence-corrected chi connectivity index (χ4v) is 4.58. The van der Waals surface area contributed by atoms with Gasteiger partial charge >= 0.3 is 6.03 Å². The number of hydrogen-bond acceptors (Lipinski definition) is 4. The van der Waals surface area contributed by atoms with Crippen LogP contribution in [0.2, 0.25) is 0 Å². The number of piperazine rings is 1. The van der Waals surface area contributed by atoms with Crippen LogP contribution in [0.1, 0.15) is 50.7 Å². The van der Waals surface area contributed by atoms with Crippen molar-refractivity contribution in [2.45, 2.75) is 46.0 Å². The van der Waals surface area contributed by atoms with E-state index in [1.807, 2.05) is 70.5 Å². The smallest absolute Gasteiger partial charge is 0.321 e. The maximum Gasteiger partial charge on any atom is 0.321 e. The van der Waals surface area contributed by atoms with Crippen molar-refractivity contribution >= 4 is 23.7 Å². The van der Waals surface area contributed by atoms with Crippen molar-refractivity contribution in [1.82, 2.24) is 14.7 Å². The van der Waals surface area contributed by atoms with E-state index in [0.717, 1.165) is 62.3 Å². The van der Waals surface area contributed by atoms with E-state index in [-0.39, 0.29) is 11.9 Å². The standard InChI is InChI=1S/C31H44N4O3/c1-4-6-7-14-30(36)34(19-10-12-27-11-8-9-13-29(27)38-3)23-20-33-21-24-35(25-22-33)31(37)32-28-17-15-26(5-2)16-18-28/h8-13,15-18H,4-7,14,19-25H2,1-3H3,(H,32,37)/b12-10+. The Morgan fingerprint density at radius 2 is 1.74 bits per heavy atom. The summed E-state index contributed by atoms with van der Waals surface area (Å²) in [6, 6.07) is 15.9. The van der Waals surface area contributed by atoms with Crippen molar-refractivity contribution in [2.24, 2.45) is 0 Å². The number of nitrogens with zero attached hydrogens (tertiary/aromatic N) is 3. The second kappa shape index (κ2) is 15.8. The lowest BCUT2D eigenvalue weighted by Gasteiger charge is -2.35. The molecule has 0 spiro atoms. The summed E-state index contributed by atoms with van der Waals surface area (Å²) in [6.45, 7) is 9.28. The van der Waals surface area contributed by atoms with Gasteiger partial charge in [0.05, 0.1) is 7.11 Å². The highest BCUT2D eigenvalue weighted by atomic mass is 16.5. The molecule has 1 aliphatic rings. The topological polar surface area (TPSA) is 65.1 Å². The van der Waals surface area contributed by atoms with Gasteiger partial charge in [0.15, 0.2) is 0 Å². The Kier molecular flexibility index (Phi) is 12.2. The Morgan fingerprint density at radius 3 is 2.42 bits per heavy atom. The van der Waals surface area contributed by atoms with Crippen LogP contribution < -0.4 is 10.1 Å². The number of unbranched alkanes of at least 4 members (excludes halogenated alkanes) is 2. The van der Waals surface area contributed by atoms with Crippen molar-refractivity contribution in [3.05, 3.63) is 65.7 Å². The van der Waals surface area contributed by atoms with Crippen molar-refractivity contribution in [3.8, 4) is 5.75 Å². The molecule has 0 aromatic heterocycles.